The Balaban J connectivity index is 2.20. The topological polar surface area (TPSA) is 66.8 Å². The van der Waals surface area contributed by atoms with E-state index in [9.17, 15) is 4.57 Å². The number of rotatable bonds is 13. The molecule has 0 aliphatic rings. The van der Waals surface area contributed by atoms with E-state index in [2.05, 4.69) is 11.4 Å². The molecule has 0 heterocycles. The maximum Gasteiger partial charge on any atom is 0.524 e. The monoisotopic (exact) mass is 356 g/mol. The first-order valence-electron chi connectivity index (χ1n) is 9.27. The third kappa shape index (κ3) is 10.1. The minimum atomic E-state index is -4.48. The summed E-state index contributed by atoms with van der Waals surface area (Å²) in [7, 11) is -4.48. The standard InChI is InChI=1S/C19H33O4P/c1-3-4-5-6-7-8-9-10-11-12-13-18-16-19(15-14-17(18)2)23-24(20,21)22/h14-16H,3-13H2,1-2H3,(H2,20,21,22). The smallest absolute Gasteiger partial charge is 0.404 e. The highest BCUT2D eigenvalue weighted by Gasteiger charge is 2.16. The van der Waals surface area contributed by atoms with Gasteiger partial charge in [-0.15, -0.1) is 0 Å². The van der Waals surface area contributed by atoms with Crippen molar-refractivity contribution in [3.8, 4) is 5.75 Å². The Hall–Kier alpha value is -0.830. The van der Waals surface area contributed by atoms with E-state index in [0.29, 0.717) is 0 Å². The van der Waals surface area contributed by atoms with Crippen molar-refractivity contribution in [2.75, 3.05) is 0 Å². The van der Waals surface area contributed by atoms with Crippen molar-refractivity contribution in [3.05, 3.63) is 29.3 Å². The van der Waals surface area contributed by atoms with Gasteiger partial charge in [-0.25, -0.2) is 4.57 Å². The maximum atomic E-state index is 10.9. The van der Waals surface area contributed by atoms with Crippen molar-refractivity contribution >= 4 is 7.82 Å². The van der Waals surface area contributed by atoms with E-state index in [1.165, 1.54) is 57.8 Å². The van der Waals surface area contributed by atoms with Crippen molar-refractivity contribution in [2.45, 2.75) is 84.5 Å². The molecule has 0 bridgehead atoms. The number of benzene rings is 1. The highest BCUT2D eigenvalue weighted by molar-refractivity contribution is 7.46. The van der Waals surface area contributed by atoms with Crippen LogP contribution in [0.1, 0.15) is 82.3 Å². The fraction of sp³-hybridized carbons (Fsp3) is 0.684. The lowest BCUT2D eigenvalue weighted by Crippen LogP contribution is -1.94. The molecule has 0 saturated heterocycles. The molecule has 0 fully saturated rings. The molecule has 0 saturated carbocycles. The van der Waals surface area contributed by atoms with Gasteiger partial charge in [-0.05, 0) is 43.0 Å². The molecule has 4 nitrogen and oxygen atoms in total. The lowest BCUT2D eigenvalue weighted by molar-refractivity contribution is 0.283. The van der Waals surface area contributed by atoms with Crippen molar-refractivity contribution in [1.82, 2.24) is 0 Å². The van der Waals surface area contributed by atoms with Crippen molar-refractivity contribution in [2.24, 2.45) is 0 Å². The summed E-state index contributed by atoms with van der Waals surface area (Å²) in [6.45, 7) is 4.27. The number of phosphoric ester groups is 1. The average Bonchev–Trinajstić information content (AvgIpc) is 2.50. The molecule has 1 rings (SSSR count). The lowest BCUT2D eigenvalue weighted by Gasteiger charge is -2.11. The van der Waals surface area contributed by atoms with Crippen LogP contribution < -0.4 is 4.52 Å². The van der Waals surface area contributed by atoms with Gasteiger partial charge in [-0.1, -0.05) is 70.8 Å². The van der Waals surface area contributed by atoms with Gasteiger partial charge in [0, 0.05) is 0 Å². The third-order valence-corrected chi connectivity index (χ3v) is 4.79. The van der Waals surface area contributed by atoms with E-state index in [1.807, 2.05) is 13.0 Å². The van der Waals surface area contributed by atoms with E-state index in [0.717, 1.165) is 24.0 Å². The summed E-state index contributed by atoms with van der Waals surface area (Å²) in [6, 6.07) is 5.22. The third-order valence-electron chi connectivity index (χ3n) is 4.34. The molecule has 0 aromatic heterocycles. The van der Waals surface area contributed by atoms with E-state index in [-0.39, 0.29) is 5.75 Å². The van der Waals surface area contributed by atoms with Gasteiger partial charge in [-0.3, -0.25) is 9.79 Å². The predicted molar refractivity (Wildman–Crippen MR) is 99.4 cm³/mol. The Kier molecular flexibility index (Phi) is 10.3. The SMILES string of the molecule is CCCCCCCCCCCCc1cc(OP(=O)(O)O)ccc1C. The molecule has 5 heteroatoms. The highest BCUT2D eigenvalue weighted by Crippen LogP contribution is 2.38. The summed E-state index contributed by atoms with van der Waals surface area (Å²) < 4.78 is 15.6. The van der Waals surface area contributed by atoms with Gasteiger partial charge >= 0.3 is 7.82 Å². The molecule has 0 aliphatic heterocycles. The number of aryl methyl sites for hydroxylation is 2. The van der Waals surface area contributed by atoms with Crippen LogP contribution >= 0.6 is 7.82 Å². The zero-order valence-corrected chi connectivity index (χ0v) is 16.1. The van der Waals surface area contributed by atoms with Gasteiger partial charge in [0.15, 0.2) is 0 Å². The van der Waals surface area contributed by atoms with Crippen molar-refractivity contribution in [3.63, 3.8) is 0 Å². The minimum Gasteiger partial charge on any atom is -0.404 e. The summed E-state index contributed by atoms with van der Waals surface area (Å²) in [5, 5.41) is 0. The van der Waals surface area contributed by atoms with Gasteiger partial charge in [0.1, 0.15) is 5.75 Å². The van der Waals surface area contributed by atoms with E-state index in [4.69, 9.17) is 9.79 Å². The normalized spacial score (nSPS) is 11.7. The molecule has 1 aromatic carbocycles. The average molecular weight is 356 g/mol. The molecular weight excluding hydrogens is 323 g/mol. The Labute approximate surface area is 146 Å². The Morgan fingerprint density at radius 2 is 1.46 bits per heavy atom. The van der Waals surface area contributed by atoms with Crippen LogP contribution in [0, 0.1) is 6.92 Å². The van der Waals surface area contributed by atoms with E-state index >= 15 is 0 Å². The largest absolute Gasteiger partial charge is 0.524 e. The molecule has 0 atom stereocenters. The van der Waals surface area contributed by atoms with Crippen LogP contribution in [-0.4, -0.2) is 9.79 Å². The summed E-state index contributed by atoms with van der Waals surface area (Å²) >= 11 is 0. The fourth-order valence-electron chi connectivity index (χ4n) is 2.91. The molecule has 24 heavy (non-hydrogen) atoms. The lowest BCUT2D eigenvalue weighted by atomic mass is 10.0. The zero-order chi connectivity index (χ0) is 17.8. The Bertz CT molecular complexity index is 510. The van der Waals surface area contributed by atoms with Crippen molar-refractivity contribution in [1.29, 1.82) is 0 Å². The molecule has 0 aliphatic carbocycles. The van der Waals surface area contributed by atoms with Crippen LogP contribution in [0.5, 0.6) is 5.75 Å². The van der Waals surface area contributed by atoms with Crippen LogP contribution in [0.15, 0.2) is 18.2 Å². The second-order valence-electron chi connectivity index (χ2n) is 6.60. The quantitative estimate of drug-likeness (QED) is 0.339. The van der Waals surface area contributed by atoms with Gasteiger partial charge < -0.3 is 4.52 Å². The molecule has 0 unspecified atom stereocenters. The van der Waals surface area contributed by atoms with Gasteiger partial charge in [-0.2, -0.15) is 0 Å². The number of phosphoric acid groups is 1. The first kappa shape index (κ1) is 21.2. The summed E-state index contributed by atoms with van der Waals surface area (Å²) in [4.78, 5) is 17.8. The van der Waals surface area contributed by atoms with E-state index < -0.39 is 7.82 Å². The molecule has 0 spiro atoms. The second kappa shape index (κ2) is 11.7. The molecule has 1 aromatic rings. The molecule has 0 radical (unpaired) electrons. The summed E-state index contributed by atoms with van der Waals surface area (Å²) in [5.74, 6) is 0.246. The number of unbranched alkanes of at least 4 members (excludes halogenated alkanes) is 9. The van der Waals surface area contributed by atoms with Crippen molar-refractivity contribution < 1.29 is 18.9 Å². The number of hydrogen-bond acceptors (Lipinski definition) is 2. The van der Waals surface area contributed by atoms with Gasteiger partial charge in [0.2, 0.25) is 0 Å². The maximum absolute atomic E-state index is 10.9. The molecule has 0 amide bonds. The van der Waals surface area contributed by atoms with Crippen LogP contribution in [0.25, 0.3) is 0 Å². The predicted octanol–water partition coefficient (Wildman–Crippen LogP) is 5.93. The molecule has 138 valence electrons. The summed E-state index contributed by atoms with van der Waals surface area (Å²) in [5.41, 5.74) is 2.25. The molecular formula is C19H33O4P. The fourth-order valence-corrected chi connectivity index (χ4v) is 3.30. The Morgan fingerprint density at radius 1 is 0.917 bits per heavy atom. The number of hydrogen-bond donors (Lipinski definition) is 2. The first-order valence-corrected chi connectivity index (χ1v) is 10.8. The van der Waals surface area contributed by atoms with Crippen LogP contribution in [-0.2, 0) is 11.0 Å². The highest BCUT2D eigenvalue weighted by atomic mass is 31.2. The zero-order valence-electron chi connectivity index (χ0n) is 15.2. The first-order chi connectivity index (χ1) is 11.4. The van der Waals surface area contributed by atoms with Gasteiger partial charge in [0.25, 0.3) is 0 Å². The second-order valence-corrected chi connectivity index (χ2v) is 7.77. The van der Waals surface area contributed by atoms with Gasteiger partial charge in [0.05, 0.1) is 0 Å². The summed E-state index contributed by atoms with van der Waals surface area (Å²) in [6.07, 6.45) is 14.0. The van der Waals surface area contributed by atoms with Crippen LogP contribution in [0.4, 0.5) is 0 Å². The minimum absolute atomic E-state index is 0.246. The van der Waals surface area contributed by atoms with Crippen LogP contribution in [0.2, 0.25) is 0 Å². The van der Waals surface area contributed by atoms with Crippen LogP contribution in [0.3, 0.4) is 0 Å². The van der Waals surface area contributed by atoms with E-state index in [1.54, 1.807) is 12.1 Å². The Morgan fingerprint density at radius 3 is 2.00 bits per heavy atom. The molecule has 2 N–H and O–H groups in total.